The average molecular weight is 399 g/mol. The molecule has 4 nitrogen and oxygen atoms in total. The van der Waals surface area contributed by atoms with Crippen LogP contribution in [0.1, 0.15) is 71.4 Å². The summed E-state index contributed by atoms with van der Waals surface area (Å²) in [6.07, 6.45) is 6.21. The van der Waals surface area contributed by atoms with Crippen molar-refractivity contribution >= 4 is 0 Å². The molecule has 0 saturated heterocycles. The van der Waals surface area contributed by atoms with Gasteiger partial charge in [-0.25, -0.2) is 0 Å². The number of ether oxygens (including phenoxy) is 2. The molecule has 1 aliphatic carbocycles. The molecule has 3 rings (SSSR count). The van der Waals surface area contributed by atoms with Gasteiger partial charge in [0.2, 0.25) is 0 Å². The van der Waals surface area contributed by atoms with Crippen molar-refractivity contribution in [2.24, 2.45) is 5.92 Å². The van der Waals surface area contributed by atoms with Crippen LogP contribution in [0.2, 0.25) is 0 Å². The standard InChI is InChI=1S/C25H34O4/c1-16-10-19(12-21(14-28-3)24(16)26)23(18-8-6-5-7-9-18)20-11-17(2)25(27)22(13-20)15-29-4/h10-13,18,23,26-27H,5-9,14-15H2,1-4H3. The van der Waals surface area contributed by atoms with Gasteiger partial charge in [0.25, 0.3) is 0 Å². The molecule has 0 spiro atoms. The van der Waals surface area contributed by atoms with Gasteiger partial charge in [-0.2, -0.15) is 0 Å². The first-order chi connectivity index (χ1) is 14.0. The first-order valence-electron chi connectivity index (χ1n) is 10.6. The normalized spacial score (nSPS) is 15.2. The van der Waals surface area contributed by atoms with Crippen LogP contribution >= 0.6 is 0 Å². The summed E-state index contributed by atoms with van der Waals surface area (Å²) in [6, 6.07) is 8.44. The zero-order valence-electron chi connectivity index (χ0n) is 18.1. The molecule has 0 unspecified atom stereocenters. The van der Waals surface area contributed by atoms with Crippen molar-refractivity contribution < 1.29 is 19.7 Å². The minimum Gasteiger partial charge on any atom is -0.507 e. The molecule has 158 valence electrons. The van der Waals surface area contributed by atoms with Gasteiger partial charge < -0.3 is 19.7 Å². The Kier molecular flexibility index (Phi) is 7.20. The first-order valence-corrected chi connectivity index (χ1v) is 10.6. The van der Waals surface area contributed by atoms with Crippen LogP contribution in [0.4, 0.5) is 0 Å². The van der Waals surface area contributed by atoms with Crippen LogP contribution < -0.4 is 0 Å². The summed E-state index contributed by atoms with van der Waals surface area (Å²) in [4.78, 5) is 0. The van der Waals surface area contributed by atoms with Gasteiger partial charge in [-0.3, -0.25) is 0 Å². The number of hydrogen-bond acceptors (Lipinski definition) is 4. The van der Waals surface area contributed by atoms with Crippen molar-refractivity contribution in [3.8, 4) is 11.5 Å². The predicted octanol–water partition coefficient (Wildman–Crippen LogP) is 5.72. The van der Waals surface area contributed by atoms with E-state index in [9.17, 15) is 10.2 Å². The van der Waals surface area contributed by atoms with Crippen LogP contribution in [0.3, 0.4) is 0 Å². The van der Waals surface area contributed by atoms with Crippen molar-refractivity contribution in [1.82, 2.24) is 0 Å². The van der Waals surface area contributed by atoms with Crippen LogP contribution in [0.5, 0.6) is 11.5 Å². The van der Waals surface area contributed by atoms with Crippen LogP contribution in [-0.4, -0.2) is 24.4 Å². The molecule has 0 heterocycles. The van der Waals surface area contributed by atoms with Crippen molar-refractivity contribution in [3.63, 3.8) is 0 Å². The topological polar surface area (TPSA) is 58.9 Å². The number of aromatic hydroxyl groups is 2. The molecule has 0 atom stereocenters. The van der Waals surface area contributed by atoms with E-state index >= 15 is 0 Å². The highest BCUT2D eigenvalue weighted by Gasteiger charge is 2.28. The summed E-state index contributed by atoms with van der Waals surface area (Å²) >= 11 is 0. The van der Waals surface area contributed by atoms with Crippen molar-refractivity contribution in [2.45, 2.75) is 65.1 Å². The number of hydrogen-bond donors (Lipinski definition) is 2. The minimum atomic E-state index is 0.222. The second kappa shape index (κ2) is 9.64. The summed E-state index contributed by atoms with van der Waals surface area (Å²) in [5.74, 6) is 1.41. The monoisotopic (exact) mass is 398 g/mol. The van der Waals surface area contributed by atoms with Gasteiger partial charge in [-0.1, -0.05) is 31.4 Å². The third-order valence-electron chi connectivity index (χ3n) is 6.24. The Bertz CT molecular complexity index is 776. The van der Waals surface area contributed by atoms with Crippen LogP contribution in [-0.2, 0) is 22.7 Å². The van der Waals surface area contributed by atoms with Gasteiger partial charge >= 0.3 is 0 Å². The predicted molar refractivity (Wildman–Crippen MR) is 116 cm³/mol. The number of benzene rings is 2. The number of phenolic OH excluding ortho intramolecular Hbond substituents is 2. The summed E-state index contributed by atoms with van der Waals surface area (Å²) in [6.45, 7) is 4.69. The number of aryl methyl sites for hydroxylation is 2. The molecular weight excluding hydrogens is 364 g/mol. The molecule has 0 aromatic heterocycles. The molecule has 0 amide bonds. The molecule has 2 aromatic carbocycles. The van der Waals surface area contributed by atoms with E-state index in [1.165, 1.54) is 43.2 Å². The summed E-state index contributed by atoms with van der Waals surface area (Å²) < 4.78 is 10.7. The van der Waals surface area contributed by atoms with Crippen molar-refractivity contribution in [1.29, 1.82) is 0 Å². The molecular formula is C25H34O4. The van der Waals surface area contributed by atoms with E-state index < -0.39 is 0 Å². The lowest BCUT2D eigenvalue weighted by atomic mass is 9.72. The van der Waals surface area contributed by atoms with Crippen LogP contribution in [0.15, 0.2) is 24.3 Å². The largest absolute Gasteiger partial charge is 0.507 e. The Morgan fingerprint density at radius 1 is 0.793 bits per heavy atom. The molecule has 29 heavy (non-hydrogen) atoms. The zero-order chi connectivity index (χ0) is 21.0. The quantitative estimate of drug-likeness (QED) is 0.626. The highest BCUT2D eigenvalue weighted by Crippen LogP contribution is 2.43. The summed E-state index contributed by atoms with van der Waals surface area (Å²) in [5, 5.41) is 21.0. The van der Waals surface area contributed by atoms with Crippen molar-refractivity contribution in [3.05, 3.63) is 57.6 Å². The molecule has 2 N–H and O–H groups in total. The second-order valence-corrected chi connectivity index (χ2v) is 8.43. The molecule has 4 heteroatoms. The fraction of sp³-hybridized carbons (Fsp3) is 0.520. The lowest BCUT2D eigenvalue weighted by Crippen LogP contribution is -2.18. The average Bonchev–Trinajstić information content (AvgIpc) is 2.71. The third kappa shape index (κ3) is 4.76. The van der Waals surface area contributed by atoms with E-state index in [0.29, 0.717) is 30.6 Å². The van der Waals surface area contributed by atoms with E-state index in [-0.39, 0.29) is 5.92 Å². The van der Waals surface area contributed by atoms with Gasteiger partial charge in [0.1, 0.15) is 11.5 Å². The Morgan fingerprint density at radius 2 is 1.24 bits per heavy atom. The maximum atomic E-state index is 10.5. The lowest BCUT2D eigenvalue weighted by molar-refractivity contribution is 0.181. The Hall–Kier alpha value is -2.04. The van der Waals surface area contributed by atoms with E-state index in [0.717, 1.165) is 22.3 Å². The Morgan fingerprint density at radius 3 is 1.66 bits per heavy atom. The van der Waals surface area contributed by atoms with Gasteiger partial charge in [-0.15, -0.1) is 0 Å². The molecule has 0 bridgehead atoms. The second-order valence-electron chi connectivity index (χ2n) is 8.43. The van der Waals surface area contributed by atoms with Gasteiger partial charge in [-0.05, 0) is 67.0 Å². The molecule has 0 aliphatic heterocycles. The summed E-state index contributed by atoms with van der Waals surface area (Å²) in [7, 11) is 3.31. The number of phenols is 2. The fourth-order valence-electron chi connectivity index (χ4n) is 4.86. The van der Waals surface area contributed by atoms with Gasteiger partial charge in [0.15, 0.2) is 0 Å². The third-order valence-corrected chi connectivity index (χ3v) is 6.24. The van der Waals surface area contributed by atoms with Gasteiger partial charge in [0, 0.05) is 31.3 Å². The fourth-order valence-corrected chi connectivity index (χ4v) is 4.86. The summed E-state index contributed by atoms with van der Waals surface area (Å²) in [5.41, 5.74) is 5.85. The molecule has 1 fully saturated rings. The highest BCUT2D eigenvalue weighted by molar-refractivity contribution is 5.50. The molecule has 0 radical (unpaired) electrons. The molecule has 1 aliphatic rings. The van der Waals surface area contributed by atoms with Crippen LogP contribution in [0, 0.1) is 19.8 Å². The smallest absolute Gasteiger partial charge is 0.124 e. The van der Waals surface area contributed by atoms with Crippen molar-refractivity contribution in [2.75, 3.05) is 14.2 Å². The lowest BCUT2D eigenvalue weighted by Gasteiger charge is -2.32. The number of rotatable bonds is 7. The Labute approximate surface area is 174 Å². The highest BCUT2D eigenvalue weighted by atomic mass is 16.5. The molecule has 2 aromatic rings. The maximum Gasteiger partial charge on any atom is 0.124 e. The van der Waals surface area contributed by atoms with E-state index in [1.54, 1.807) is 14.2 Å². The van der Waals surface area contributed by atoms with E-state index in [2.05, 4.69) is 24.3 Å². The van der Waals surface area contributed by atoms with E-state index in [4.69, 9.17) is 9.47 Å². The maximum absolute atomic E-state index is 10.5. The number of methoxy groups -OCH3 is 2. The SMILES string of the molecule is COCc1cc(C(c2cc(C)c(O)c(COC)c2)C2CCCCC2)cc(C)c1O. The van der Waals surface area contributed by atoms with E-state index in [1.807, 2.05) is 13.8 Å². The van der Waals surface area contributed by atoms with Gasteiger partial charge in [0.05, 0.1) is 13.2 Å². The minimum absolute atomic E-state index is 0.222. The molecule has 1 saturated carbocycles. The zero-order valence-corrected chi connectivity index (χ0v) is 18.1. The first kappa shape index (κ1) is 21.7. The van der Waals surface area contributed by atoms with Crippen LogP contribution in [0.25, 0.3) is 0 Å². The Balaban J connectivity index is 2.14.